The minimum atomic E-state index is -0.752. The number of fused-ring (bicyclic) bond motifs is 1. The van der Waals surface area contributed by atoms with E-state index in [0.29, 0.717) is 51.9 Å². The normalized spacial score (nSPS) is 17.8. The number of carboxylic acids is 1. The van der Waals surface area contributed by atoms with Gasteiger partial charge in [-0.25, -0.2) is 4.98 Å². The van der Waals surface area contributed by atoms with E-state index in [-0.39, 0.29) is 29.1 Å². The van der Waals surface area contributed by atoms with Crippen molar-refractivity contribution in [2.24, 2.45) is 11.8 Å². The number of hydrogen-bond acceptors (Lipinski definition) is 8. The number of methoxy groups -OCH3 is 2. The van der Waals surface area contributed by atoms with Crippen molar-refractivity contribution in [3.05, 3.63) is 40.0 Å². The van der Waals surface area contributed by atoms with E-state index in [1.807, 2.05) is 5.38 Å². The van der Waals surface area contributed by atoms with E-state index in [2.05, 4.69) is 10.3 Å². The molecule has 2 N–H and O–H groups in total. The van der Waals surface area contributed by atoms with Gasteiger partial charge in [-0.15, -0.1) is 11.3 Å². The summed E-state index contributed by atoms with van der Waals surface area (Å²) in [5.74, 6) is 0.0267. The molecule has 1 aliphatic rings. The number of rotatable bonds is 9. The first-order valence-corrected chi connectivity index (χ1v) is 13.1. The topological polar surface area (TPSA) is 120 Å². The molecule has 1 saturated carbocycles. The molecule has 35 heavy (non-hydrogen) atoms. The van der Waals surface area contributed by atoms with E-state index >= 15 is 0 Å². The van der Waals surface area contributed by atoms with E-state index in [9.17, 15) is 19.5 Å². The highest BCUT2D eigenvalue weighted by atomic mass is 32.2. The van der Waals surface area contributed by atoms with Gasteiger partial charge < -0.3 is 19.9 Å². The summed E-state index contributed by atoms with van der Waals surface area (Å²) in [6, 6.07) is 6.93. The van der Waals surface area contributed by atoms with Crippen LogP contribution in [-0.2, 0) is 16.1 Å². The van der Waals surface area contributed by atoms with Crippen LogP contribution in [0.2, 0.25) is 0 Å². The van der Waals surface area contributed by atoms with Gasteiger partial charge in [-0.3, -0.25) is 19.0 Å². The lowest BCUT2D eigenvalue weighted by molar-refractivity contribution is -0.143. The summed E-state index contributed by atoms with van der Waals surface area (Å²) in [5, 5.41) is 14.4. The number of carbonyl (C=O) groups is 2. The third-order valence-electron chi connectivity index (χ3n) is 6.18. The zero-order valence-electron chi connectivity index (χ0n) is 19.5. The van der Waals surface area contributed by atoms with E-state index in [1.165, 1.54) is 30.2 Å². The van der Waals surface area contributed by atoms with Crippen molar-refractivity contribution in [2.45, 2.75) is 37.4 Å². The van der Waals surface area contributed by atoms with Gasteiger partial charge in [0.25, 0.3) is 5.56 Å². The number of carbonyl (C=O) groups excluding carboxylic acids is 1. The molecule has 0 aliphatic heterocycles. The van der Waals surface area contributed by atoms with Crippen molar-refractivity contribution >= 4 is 50.9 Å². The van der Waals surface area contributed by atoms with Crippen molar-refractivity contribution in [1.82, 2.24) is 9.55 Å². The van der Waals surface area contributed by atoms with Gasteiger partial charge in [-0.05, 0) is 55.2 Å². The third-order valence-corrected chi connectivity index (χ3v) is 8.05. The molecule has 1 aromatic carbocycles. The highest BCUT2D eigenvalue weighted by Gasteiger charge is 2.27. The Morgan fingerprint density at radius 1 is 1.20 bits per heavy atom. The molecule has 4 rings (SSSR count). The molecule has 186 valence electrons. The standard InChI is InChI=1S/C24H27N3O6S2/c1-32-16-7-8-17(19(11-16)33-2)25-20(28)13-35-24-26-18-9-10-34-21(18)22(29)27(24)12-14-3-5-15(6-4-14)23(30)31/h7-11,14-15H,3-6,12-13H2,1-2H3,(H,25,28)(H,30,31). The van der Waals surface area contributed by atoms with Gasteiger partial charge in [-0.2, -0.15) is 0 Å². The first-order chi connectivity index (χ1) is 16.9. The van der Waals surface area contributed by atoms with Gasteiger partial charge in [0.2, 0.25) is 5.91 Å². The van der Waals surface area contributed by atoms with E-state index in [1.54, 1.807) is 35.9 Å². The number of amides is 1. The molecule has 9 nitrogen and oxygen atoms in total. The number of thiophene rings is 1. The lowest BCUT2D eigenvalue weighted by Crippen LogP contribution is -2.30. The van der Waals surface area contributed by atoms with Crippen LogP contribution >= 0.6 is 23.1 Å². The Balaban J connectivity index is 1.49. The number of carboxylic acid groups (broad SMARTS) is 1. The Morgan fingerprint density at radius 2 is 1.97 bits per heavy atom. The number of benzene rings is 1. The molecule has 0 atom stereocenters. The van der Waals surface area contributed by atoms with Crippen molar-refractivity contribution in [2.75, 3.05) is 25.3 Å². The van der Waals surface area contributed by atoms with Crippen LogP contribution in [0.5, 0.6) is 11.5 Å². The van der Waals surface area contributed by atoms with Crippen LogP contribution in [0.3, 0.4) is 0 Å². The lowest BCUT2D eigenvalue weighted by Gasteiger charge is -2.27. The van der Waals surface area contributed by atoms with E-state index in [4.69, 9.17) is 9.47 Å². The van der Waals surface area contributed by atoms with Crippen LogP contribution in [0, 0.1) is 11.8 Å². The second-order valence-corrected chi connectivity index (χ2v) is 10.3. The number of nitrogens with zero attached hydrogens (tertiary/aromatic N) is 2. The monoisotopic (exact) mass is 517 g/mol. The first kappa shape index (κ1) is 25.1. The molecule has 0 bridgehead atoms. The average Bonchev–Trinajstić information content (AvgIpc) is 3.34. The number of hydrogen-bond donors (Lipinski definition) is 2. The van der Waals surface area contributed by atoms with E-state index in [0.717, 1.165) is 12.8 Å². The van der Waals surface area contributed by atoms with Gasteiger partial charge in [0.1, 0.15) is 16.2 Å². The first-order valence-electron chi connectivity index (χ1n) is 11.2. The maximum atomic E-state index is 13.2. The smallest absolute Gasteiger partial charge is 0.306 e. The second kappa shape index (κ2) is 11.1. The van der Waals surface area contributed by atoms with Crippen LogP contribution in [0.1, 0.15) is 25.7 Å². The Kier molecular flexibility index (Phi) is 7.97. The molecule has 2 heterocycles. The molecule has 1 aliphatic carbocycles. The minimum absolute atomic E-state index is 0.0586. The van der Waals surface area contributed by atoms with Crippen LogP contribution < -0.4 is 20.3 Å². The fourth-order valence-corrected chi connectivity index (χ4v) is 5.85. The summed E-state index contributed by atoms with van der Waals surface area (Å²) in [6.07, 6.45) is 2.71. The van der Waals surface area contributed by atoms with Crippen molar-refractivity contribution in [3.8, 4) is 11.5 Å². The van der Waals surface area contributed by atoms with Gasteiger partial charge in [0, 0.05) is 12.6 Å². The Bertz CT molecular complexity index is 1280. The maximum absolute atomic E-state index is 13.2. The lowest BCUT2D eigenvalue weighted by atomic mass is 9.82. The van der Waals surface area contributed by atoms with E-state index < -0.39 is 5.97 Å². The number of aliphatic carboxylic acids is 1. The van der Waals surface area contributed by atoms with Gasteiger partial charge in [0.15, 0.2) is 5.16 Å². The molecule has 0 spiro atoms. The van der Waals surface area contributed by atoms with Gasteiger partial charge in [-0.1, -0.05) is 11.8 Å². The van der Waals surface area contributed by atoms with Crippen molar-refractivity contribution in [1.29, 1.82) is 0 Å². The SMILES string of the molecule is COc1ccc(NC(=O)CSc2nc3ccsc3c(=O)n2CC2CCC(C(=O)O)CC2)c(OC)c1. The largest absolute Gasteiger partial charge is 0.497 e. The Hall–Kier alpha value is -3.05. The predicted molar refractivity (Wildman–Crippen MR) is 136 cm³/mol. The number of anilines is 1. The third kappa shape index (κ3) is 5.79. The van der Waals surface area contributed by atoms with Crippen molar-refractivity contribution < 1.29 is 24.2 Å². The molecule has 1 amide bonds. The van der Waals surface area contributed by atoms with Crippen LogP contribution in [0.25, 0.3) is 10.2 Å². The molecule has 0 unspecified atom stereocenters. The zero-order valence-corrected chi connectivity index (χ0v) is 21.1. The summed E-state index contributed by atoms with van der Waals surface area (Å²) >= 11 is 2.56. The summed E-state index contributed by atoms with van der Waals surface area (Å²) in [4.78, 5) is 41.9. The van der Waals surface area contributed by atoms with Crippen LogP contribution in [0.15, 0.2) is 39.6 Å². The highest BCUT2D eigenvalue weighted by molar-refractivity contribution is 7.99. The molecule has 0 saturated heterocycles. The zero-order chi connectivity index (χ0) is 24.9. The fourth-order valence-electron chi connectivity index (χ4n) is 4.26. The summed E-state index contributed by atoms with van der Waals surface area (Å²) in [6.45, 7) is 0.461. The number of ether oxygens (including phenoxy) is 2. The summed E-state index contributed by atoms with van der Waals surface area (Å²) in [7, 11) is 3.07. The Labute approximate surface area is 210 Å². The fraction of sp³-hybridized carbons (Fsp3) is 0.417. The molecule has 3 aromatic rings. The summed E-state index contributed by atoms with van der Waals surface area (Å²) < 4.78 is 12.8. The molecular weight excluding hydrogens is 490 g/mol. The Morgan fingerprint density at radius 3 is 2.66 bits per heavy atom. The summed E-state index contributed by atoms with van der Waals surface area (Å²) in [5.41, 5.74) is 1.02. The molecular formula is C24H27N3O6S2. The maximum Gasteiger partial charge on any atom is 0.306 e. The van der Waals surface area contributed by atoms with Crippen LogP contribution in [0.4, 0.5) is 5.69 Å². The van der Waals surface area contributed by atoms with Crippen LogP contribution in [-0.4, -0.2) is 46.5 Å². The molecule has 11 heteroatoms. The predicted octanol–water partition coefficient (Wildman–Crippen LogP) is 4.10. The van der Waals surface area contributed by atoms with Gasteiger partial charge in [0.05, 0.1) is 37.1 Å². The number of aromatic nitrogens is 2. The highest BCUT2D eigenvalue weighted by Crippen LogP contribution is 2.32. The van der Waals surface area contributed by atoms with Crippen molar-refractivity contribution in [3.63, 3.8) is 0 Å². The number of thioether (sulfide) groups is 1. The average molecular weight is 518 g/mol. The number of nitrogens with one attached hydrogen (secondary N) is 1. The second-order valence-electron chi connectivity index (χ2n) is 8.40. The molecule has 2 aromatic heterocycles. The minimum Gasteiger partial charge on any atom is -0.497 e. The quantitative estimate of drug-likeness (QED) is 0.322. The molecule has 0 radical (unpaired) electrons. The van der Waals surface area contributed by atoms with Gasteiger partial charge >= 0.3 is 5.97 Å². The molecule has 1 fully saturated rings.